The molecule has 0 N–H and O–H groups in total. The maximum atomic E-state index is 13.3. The van der Waals surface area contributed by atoms with Crippen molar-refractivity contribution in [3.63, 3.8) is 0 Å². The van der Waals surface area contributed by atoms with E-state index in [2.05, 4.69) is 34.9 Å². The highest BCUT2D eigenvalue weighted by molar-refractivity contribution is 5.90. The largest absolute Gasteiger partial charge is 0.465 e. The monoisotopic (exact) mass is 254 g/mol. The molecule has 3 heteroatoms. The van der Waals surface area contributed by atoms with Gasteiger partial charge in [0.1, 0.15) is 0 Å². The van der Waals surface area contributed by atoms with Gasteiger partial charge in [-0.15, -0.1) is 6.42 Å². The van der Waals surface area contributed by atoms with Gasteiger partial charge in [0, 0.05) is 0 Å². The topological polar surface area (TPSA) is 26.3 Å². The molecule has 0 saturated heterocycles. The maximum Gasteiger partial charge on any atom is 0.340 e. The third kappa shape index (κ3) is 2.80. The number of hydrogen-bond acceptors (Lipinski definition) is 2. The van der Waals surface area contributed by atoms with Gasteiger partial charge in [0.05, 0.1) is 18.2 Å². The summed E-state index contributed by atoms with van der Waals surface area (Å²) in [5, 5.41) is 0. The number of halogens is 1. The van der Waals surface area contributed by atoms with E-state index in [4.69, 9.17) is 6.42 Å². The first-order valence-electron chi connectivity index (χ1n) is 5.61. The second-order valence-corrected chi connectivity index (χ2v) is 3.88. The molecule has 0 aliphatic heterocycles. The minimum atomic E-state index is -0.727. The predicted molar refractivity (Wildman–Crippen MR) is 71.1 cm³/mol. The minimum Gasteiger partial charge on any atom is -0.465 e. The number of rotatable bonds is 1. The van der Waals surface area contributed by atoms with E-state index < -0.39 is 11.8 Å². The standard InChI is InChI=1S/C10H7FO2.C6H4/c1-3-7-5-4-6-8(9(7)11)10(12)13-2;1-2-5-4-6(5)3-1/h1,4-6H,2H3;1-4H. The molecule has 0 fully saturated rings. The number of carbonyl (C=O) groups is 1. The molecular weight excluding hydrogens is 243 g/mol. The molecule has 1 aromatic carbocycles. The number of benzene rings is 2. The normalized spacial score (nSPS) is 9.74. The van der Waals surface area contributed by atoms with Gasteiger partial charge in [-0.1, -0.05) is 30.2 Å². The molecule has 0 heterocycles. The summed E-state index contributed by atoms with van der Waals surface area (Å²) in [6, 6.07) is 12.7. The summed E-state index contributed by atoms with van der Waals surface area (Å²) in [6.45, 7) is 0. The summed E-state index contributed by atoms with van der Waals surface area (Å²) in [7, 11) is 1.18. The van der Waals surface area contributed by atoms with Gasteiger partial charge < -0.3 is 4.74 Å². The van der Waals surface area contributed by atoms with E-state index in [-0.39, 0.29) is 11.1 Å². The second kappa shape index (κ2) is 5.36. The van der Waals surface area contributed by atoms with Crippen molar-refractivity contribution < 1.29 is 13.9 Å². The molecular formula is C16H11FO2. The van der Waals surface area contributed by atoms with Crippen LogP contribution >= 0.6 is 0 Å². The Labute approximate surface area is 110 Å². The fourth-order valence-electron chi connectivity index (χ4n) is 1.59. The van der Waals surface area contributed by atoms with E-state index in [9.17, 15) is 9.18 Å². The average Bonchev–Trinajstić information content (AvgIpc) is 3.05. The van der Waals surface area contributed by atoms with Crippen LogP contribution in [-0.4, -0.2) is 13.1 Å². The van der Waals surface area contributed by atoms with E-state index in [0.717, 1.165) is 0 Å². The molecule has 0 radical (unpaired) electrons. The SMILES string of the molecule is C#Cc1cccc(C(=O)OC)c1F.c1cc2cc-2c1. The van der Waals surface area contributed by atoms with Crippen LogP contribution in [0.25, 0.3) is 11.1 Å². The zero-order valence-electron chi connectivity index (χ0n) is 10.3. The second-order valence-electron chi connectivity index (χ2n) is 3.88. The molecule has 0 aromatic heterocycles. The molecule has 2 aliphatic rings. The van der Waals surface area contributed by atoms with E-state index in [1.165, 1.54) is 36.4 Å². The molecule has 94 valence electrons. The van der Waals surface area contributed by atoms with Crippen LogP contribution in [0.4, 0.5) is 4.39 Å². The Morgan fingerprint density at radius 1 is 1.21 bits per heavy atom. The smallest absolute Gasteiger partial charge is 0.340 e. The highest BCUT2D eigenvalue weighted by Crippen LogP contribution is 2.32. The lowest BCUT2D eigenvalue weighted by atomic mass is 10.1. The molecule has 0 saturated carbocycles. The highest BCUT2D eigenvalue weighted by atomic mass is 19.1. The quantitative estimate of drug-likeness (QED) is 0.492. The Morgan fingerprint density at radius 2 is 1.84 bits per heavy atom. The van der Waals surface area contributed by atoms with Crippen LogP contribution in [0.3, 0.4) is 0 Å². The van der Waals surface area contributed by atoms with Crippen molar-refractivity contribution in [3.05, 3.63) is 59.4 Å². The molecule has 0 bridgehead atoms. The number of fused-ring (bicyclic) bond motifs is 1. The number of esters is 1. The van der Waals surface area contributed by atoms with Gasteiger partial charge >= 0.3 is 5.97 Å². The fraction of sp³-hybridized carbons (Fsp3) is 0.0625. The van der Waals surface area contributed by atoms with Crippen LogP contribution in [0.1, 0.15) is 15.9 Å². The van der Waals surface area contributed by atoms with Crippen LogP contribution in [0, 0.1) is 18.2 Å². The first kappa shape index (κ1) is 12.8. The van der Waals surface area contributed by atoms with Gasteiger partial charge in [0.25, 0.3) is 0 Å². The average molecular weight is 254 g/mol. The first-order valence-corrected chi connectivity index (χ1v) is 5.61. The van der Waals surface area contributed by atoms with Crippen molar-refractivity contribution in [3.8, 4) is 23.5 Å². The van der Waals surface area contributed by atoms with E-state index in [0.29, 0.717) is 0 Å². The number of terminal acetylenes is 1. The highest BCUT2D eigenvalue weighted by Gasteiger charge is 2.13. The van der Waals surface area contributed by atoms with Crippen molar-refractivity contribution in [1.29, 1.82) is 0 Å². The van der Waals surface area contributed by atoms with Crippen LogP contribution in [0.5, 0.6) is 0 Å². The van der Waals surface area contributed by atoms with Crippen molar-refractivity contribution >= 4 is 5.97 Å². The van der Waals surface area contributed by atoms with Crippen LogP contribution in [0.15, 0.2) is 42.5 Å². The lowest BCUT2D eigenvalue weighted by Gasteiger charge is -2.01. The summed E-state index contributed by atoms with van der Waals surface area (Å²) < 4.78 is 17.6. The zero-order valence-corrected chi connectivity index (χ0v) is 10.3. The van der Waals surface area contributed by atoms with Crippen LogP contribution < -0.4 is 0 Å². The van der Waals surface area contributed by atoms with E-state index in [1.807, 2.05) is 0 Å². The molecule has 2 aliphatic carbocycles. The number of carbonyl (C=O) groups excluding carboxylic acids is 1. The van der Waals surface area contributed by atoms with Gasteiger partial charge in [-0.2, -0.15) is 0 Å². The molecule has 2 nitrogen and oxygen atoms in total. The van der Waals surface area contributed by atoms with Gasteiger partial charge in [-0.25, -0.2) is 9.18 Å². The zero-order chi connectivity index (χ0) is 13.8. The summed E-state index contributed by atoms with van der Waals surface area (Å²) in [6.07, 6.45) is 5.02. The molecule has 3 rings (SSSR count). The lowest BCUT2D eigenvalue weighted by Crippen LogP contribution is -2.05. The number of ether oxygens (including phenoxy) is 1. The first-order chi connectivity index (χ1) is 9.17. The Hall–Kier alpha value is -2.60. The maximum absolute atomic E-state index is 13.3. The fourth-order valence-corrected chi connectivity index (χ4v) is 1.59. The van der Waals surface area contributed by atoms with Crippen molar-refractivity contribution in [2.24, 2.45) is 0 Å². The molecule has 1 aromatic rings. The summed E-state index contributed by atoms with van der Waals surface area (Å²) in [5.74, 6) is 0.693. The Balaban J connectivity index is 0.000000180. The third-order valence-electron chi connectivity index (χ3n) is 2.67. The summed E-state index contributed by atoms with van der Waals surface area (Å²) >= 11 is 0. The third-order valence-corrected chi connectivity index (χ3v) is 2.67. The lowest BCUT2D eigenvalue weighted by molar-refractivity contribution is 0.0595. The Bertz CT molecular complexity index is 651. The molecule has 0 atom stereocenters. The number of methoxy groups -OCH3 is 1. The van der Waals surface area contributed by atoms with Gasteiger partial charge in [-0.05, 0) is 29.3 Å². The van der Waals surface area contributed by atoms with Crippen molar-refractivity contribution in [2.75, 3.05) is 7.11 Å². The van der Waals surface area contributed by atoms with E-state index in [1.54, 1.807) is 0 Å². The molecule has 0 unspecified atom stereocenters. The molecule has 0 spiro atoms. The van der Waals surface area contributed by atoms with E-state index >= 15 is 0 Å². The molecule has 0 amide bonds. The van der Waals surface area contributed by atoms with Gasteiger partial charge in [0.15, 0.2) is 5.82 Å². The Morgan fingerprint density at radius 3 is 2.26 bits per heavy atom. The van der Waals surface area contributed by atoms with Crippen LogP contribution in [0.2, 0.25) is 0 Å². The number of hydrogen-bond donors (Lipinski definition) is 0. The molecule has 19 heavy (non-hydrogen) atoms. The van der Waals surface area contributed by atoms with Gasteiger partial charge in [0.2, 0.25) is 0 Å². The Kier molecular flexibility index (Phi) is 3.63. The predicted octanol–water partition coefficient (Wildman–Crippen LogP) is 3.26. The minimum absolute atomic E-state index is 0.0582. The van der Waals surface area contributed by atoms with Crippen molar-refractivity contribution in [2.45, 2.75) is 0 Å². The van der Waals surface area contributed by atoms with Crippen molar-refractivity contribution in [1.82, 2.24) is 0 Å². The van der Waals surface area contributed by atoms with Gasteiger partial charge in [-0.3, -0.25) is 0 Å². The summed E-state index contributed by atoms with van der Waals surface area (Å²) in [5.41, 5.74) is 2.77. The summed E-state index contributed by atoms with van der Waals surface area (Å²) in [4.78, 5) is 11.0. The van der Waals surface area contributed by atoms with Crippen LogP contribution in [-0.2, 0) is 4.74 Å².